The third kappa shape index (κ3) is 2.60. The Morgan fingerprint density at radius 1 is 1.29 bits per heavy atom. The molecule has 6 nitrogen and oxygen atoms in total. The number of carbonyl (C=O) groups is 1. The monoisotopic (exact) mass is 380 g/mol. The number of halogens is 1. The van der Waals surface area contributed by atoms with Gasteiger partial charge >= 0.3 is 0 Å². The van der Waals surface area contributed by atoms with E-state index in [2.05, 4.69) is 15.1 Å². The first-order valence-electron chi connectivity index (χ1n) is 9.52. The van der Waals surface area contributed by atoms with Gasteiger partial charge in [0.2, 0.25) is 11.8 Å². The molecule has 1 atom stereocenters. The van der Waals surface area contributed by atoms with Crippen LogP contribution in [0.15, 0.2) is 41.8 Å². The number of carbonyl (C=O) groups excluding carboxylic acids is 1. The predicted molar refractivity (Wildman–Crippen MR) is 100 cm³/mol. The zero-order valence-corrected chi connectivity index (χ0v) is 15.6. The molecule has 0 aromatic carbocycles. The van der Waals surface area contributed by atoms with Crippen LogP contribution in [0.1, 0.15) is 43.0 Å². The van der Waals surface area contributed by atoms with E-state index >= 15 is 0 Å². The lowest BCUT2D eigenvalue weighted by atomic mass is 9.35. The molecule has 7 heteroatoms. The molecule has 0 N–H and O–H groups in total. The predicted octanol–water partition coefficient (Wildman–Crippen LogP) is 3.43. The molecular formula is C21H21FN4O2. The third-order valence-electron chi connectivity index (χ3n) is 6.14. The molecule has 0 saturated heterocycles. The number of hydrazone groups is 1. The van der Waals surface area contributed by atoms with Crippen molar-refractivity contribution in [3.05, 3.63) is 53.7 Å². The maximum Gasteiger partial charge on any atom is 0.249 e. The normalized spacial score (nSPS) is 29.9. The van der Waals surface area contributed by atoms with Gasteiger partial charge in [0, 0.05) is 36.5 Å². The quantitative estimate of drug-likeness (QED) is 0.797. The summed E-state index contributed by atoms with van der Waals surface area (Å²) < 4.78 is 20.0. The molecule has 3 aliphatic carbocycles. The summed E-state index contributed by atoms with van der Waals surface area (Å²) in [6, 6.07) is 6.31. The first-order chi connectivity index (χ1) is 13.5. The zero-order valence-electron chi connectivity index (χ0n) is 15.6. The highest BCUT2D eigenvalue weighted by Gasteiger charge is 2.73. The second kappa shape index (κ2) is 6.09. The number of pyridine rings is 2. The number of nitrogens with zero attached hydrogens (tertiary/aromatic N) is 4. The van der Waals surface area contributed by atoms with Gasteiger partial charge in [-0.2, -0.15) is 5.10 Å². The summed E-state index contributed by atoms with van der Waals surface area (Å²) in [5.41, 5.74) is 1.04. The highest BCUT2D eigenvalue weighted by molar-refractivity contribution is 5.88. The summed E-state index contributed by atoms with van der Waals surface area (Å²) in [4.78, 5) is 21.5. The topological polar surface area (TPSA) is 67.7 Å². The van der Waals surface area contributed by atoms with Gasteiger partial charge in [-0.05, 0) is 43.9 Å². The average Bonchev–Trinajstić information content (AvgIpc) is 3.10. The van der Waals surface area contributed by atoms with Crippen molar-refractivity contribution < 1.29 is 13.9 Å². The fourth-order valence-corrected chi connectivity index (χ4v) is 4.87. The number of amides is 1. The van der Waals surface area contributed by atoms with Crippen molar-refractivity contribution in [3.8, 4) is 5.88 Å². The van der Waals surface area contributed by atoms with E-state index in [1.165, 1.54) is 11.1 Å². The Hall–Kier alpha value is -2.83. The second-order valence-corrected chi connectivity index (χ2v) is 8.34. The molecule has 2 bridgehead atoms. The molecule has 0 radical (unpaired) electrons. The average molecular weight is 380 g/mol. The molecular weight excluding hydrogens is 359 g/mol. The van der Waals surface area contributed by atoms with Crippen LogP contribution in [-0.4, -0.2) is 33.7 Å². The summed E-state index contributed by atoms with van der Waals surface area (Å²) in [7, 11) is 0. The largest absolute Gasteiger partial charge is 0.477 e. The summed E-state index contributed by atoms with van der Waals surface area (Å²) in [5, 5.41) is 5.68. The van der Waals surface area contributed by atoms with E-state index in [4.69, 9.17) is 4.74 Å². The molecule has 144 valence electrons. The molecule has 4 aliphatic rings. The summed E-state index contributed by atoms with van der Waals surface area (Å²) in [6.45, 7) is 2.55. The van der Waals surface area contributed by atoms with Crippen LogP contribution in [0.4, 0.5) is 4.39 Å². The van der Waals surface area contributed by atoms with Gasteiger partial charge in [-0.25, -0.2) is 14.4 Å². The van der Waals surface area contributed by atoms with Crippen LogP contribution < -0.4 is 4.74 Å². The summed E-state index contributed by atoms with van der Waals surface area (Å²) in [6.07, 6.45) is 7.85. The third-order valence-corrected chi connectivity index (χ3v) is 6.14. The van der Waals surface area contributed by atoms with E-state index in [9.17, 15) is 9.18 Å². The van der Waals surface area contributed by atoms with E-state index in [0.717, 1.165) is 24.8 Å². The molecule has 3 heterocycles. The smallest absolute Gasteiger partial charge is 0.249 e. The van der Waals surface area contributed by atoms with Crippen LogP contribution in [0, 0.1) is 23.6 Å². The van der Waals surface area contributed by atoms with Crippen LogP contribution in [0.2, 0.25) is 0 Å². The molecule has 2 aromatic rings. The Labute approximate surface area is 162 Å². The Morgan fingerprint density at radius 2 is 2.11 bits per heavy atom. The van der Waals surface area contributed by atoms with Crippen molar-refractivity contribution in [2.45, 2.75) is 38.6 Å². The molecule has 2 aromatic heterocycles. The molecule has 0 spiro atoms. The fraction of sp³-hybridized carbons (Fsp3) is 0.429. The Kier molecular flexibility index (Phi) is 3.76. The van der Waals surface area contributed by atoms with E-state index < -0.39 is 11.9 Å². The Balaban J connectivity index is 1.23. The maximum absolute atomic E-state index is 14.1. The number of rotatable bonds is 5. The zero-order chi connectivity index (χ0) is 19.4. The SMILES string of the molecule is Cc1ccc(OCC23CC(C(=O)N4N=CCC4c4ncccc4F)(C2)C3)nc1. The molecule has 28 heavy (non-hydrogen) atoms. The number of aromatic nitrogens is 2. The number of hydrogen-bond donors (Lipinski definition) is 0. The Morgan fingerprint density at radius 3 is 2.82 bits per heavy atom. The first-order valence-corrected chi connectivity index (χ1v) is 9.52. The molecule has 6 rings (SSSR count). The van der Waals surface area contributed by atoms with E-state index in [1.54, 1.807) is 24.7 Å². The fourth-order valence-electron chi connectivity index (χ4n) is 4.87. The van der Waals surface area contributed by atoms with Crippen molar-refractivity contribution in [2.24, 2.45) is 15.9 Å². The number of hydrogen-bond acceptors (Lipinski definition) is 5. The second-order valence-electron chi connectivity index (χ2n) is 8.34. The summed E-state index contributed by atoms with van der Waals surface area (Å²) >= 11 is 0. The maximum atomic E-state index is 14.1. The van der Waals surface area contributed by atoms with Gasteiger partial charge in [-0.1, -0.05) is 6.07 Å². The van der Waals surface area contributed by atoms with Gasteiger partial charge in [-0.15, -0.1) is 0 Å². The van der Waals surface area contributed by atoms with Crippen molar-refractivity contribution in [1.82, 2.24) is 15.0 Å². The lowest BCUT2D eigenvalue weighted by Gasteiger charge is -2.69. The van der Waals surface area contributed by atoms with E-state index in [0.29, 0.717) is 18.9 Å². The number of aryl methyl sites for hydroxylation is 1. The van der Waals surface area contributed by atoms with Crippen LogP contribution >= 0.6 is 0 Å². The van der Waals surface area contributed by atoms with Gasteiger partial charge in [0.05, 0.1) is 12.0 Å². The summed E-state index contributed by atoms with van der Waals surface area (Å²) in [5.74, 6) is 0.195. The Bertz CT molecular complexity index is 939. The molecule has 1 aliphatic heterocycles. The van der Waals surface area contributed by atoms with Gasteiger partial charge in [0.25, 0.3) is 0 Å². The lowest BCUT2D eigenvalue weighted by molar-refractivity contribution is -0.227. The lowest BCUT2D eigenvalue weighted by Crippen LogP contribution is -2.69. The van der Waals surface area contributed by atoms with Crippen LogP contribution in [0.5, 0.6) is 5.88 Å². The molecule has 3 saturated carbocycles. The minimum absolute atomic E-state index is 0.0216. The van der Waals surface area contributed by atoms with E-state index in [1.807, 2.05) is 19.1 Å². The van der Waals surface area contributed by atoms with Crippen LogP contribution in [0.3, 0.4) is 0 Å². The van der Waals surface area contributed by atoms with Gasteiger partial charge in [-0.3, -0.25) is 9.78 Å². The van der Waals surface area contributed by atoms with Crippen molar-refractivity contribution >= 4 is 12.1 Å². The minimum atomic E-state index is -0.452. The van der Waals surface area contributed by atoms with Crippen molar-refractivity contribution in [3.63, 3.8) is 0 Å². The van der Waals surface area contributed by atoms with Crippen molar-refractivity contribution in [1.29, 1.82) is 0 Å². The first kappa shape index (κ1) is 17.3. The van der Waals surface area contributed by atoms with Gasteiger partial charge in [0.15, 0.2) is 0 Å². The van der Waals surface area contributed by atoms with Gasteiger partial charge in [0.1, 0.15) is 17.6 Å². The van der Waals surface area contributed by atoms with Crippen molar-refractivity contribution in [2.75, 3.05) is 6.61 Å². The molecule has 3 fully saturated rings. The van der Waals surface area contributed by atoms with Gasteiger partial charge < -0.3 is 4.74 Å². The van der Waals surface area contributed by atoms with Crippen LogP contribution in [0.25, 0.3) is 0 Å². The molecule has 1 amide bonds. The standard InChI is InChI=1S/C21H21FN4O2/c1-14-4-5-17(24-9-14)28-13-20-10-21(11-20,12-20)19(27)26-16(6-8-25-26)18-15(22)3-2-7-23-18/h2-5,7-9,16H,6,10-13H2,1H3. The minimum Gasteiger partial charge on any atom is -0.477 e. The highest BCUT2D eigenvalue weighted by atomic mass is 19.1. The number of ether oxygens (including phenoxy) is 1. The highest BCUT2D eigenvalue weighted by Crippen LogP contribution is 2.74. The molecule has 1 unspecified atom stereocenters. The van der Waals surface area contributed by atoms with E-state index in [-0.39, 0.29) is 22.4 Å². The van der Waals surface area contributed by atoms with Crippen LogP contribution in [-0.2, 0) is 4.79 Å².